The molecular weight excluding hydrogens is 602 g/mol. The summed E-state index contributed by atoms with van der Waals surface area (Å²) in [5.74, 6) is -0.817. The summed E-state index contributed by atoms with van der Waals surface area (Å²) in [6.45, 7) is 1.93. The topological polar surface area (TPSA) is 64.1 Å². The zero-order valence-corrected chi connectivity index (χ0v) is 25.1. The fourth-order valence-corrected chi connectivity index (χ4v) is 6.57. The molecule has 2 aliphatic heterocycles. The average Bonchev–Trinajstić information content (AvgIpc) is 2.91. The first-order valence-electron chi connectivity index (χ1n) is 13.5. The molecule has 12 heteroatoms. The van der Waals surface area contributed by atoms with Crippen LogP contribution in [0.1, 0.15) is 48.0 Å². The van der Waals surface area contributed by atoms with Crippen LogP contribution in [-0.2, 0) is 10.4 Å². The number of carbonyl (C=O) groups is 2. The lowest BCUT2D eigenvalue weighted by Gasteiger charge is -2.40. The van der Waals surface area contributed by atoms with Gasteiger partial charge in [-0.2, -0.15) is 13.2 Å². The van der Waals surface area contributed by atoms with Crippen LogP contribution < -0.4 is 4.90 Å². The molecule has 1 atom stereocenters. The van der Waals surface area contributed by atoms with Gasteiger partial charge in [0.05, 0.1) is 10.6 Å². The molecule has 4 rings (SSSR count). The predicted octanol–water partition coefficient (Wildman–Crippen LogP) is 6.64. The van der Waals surface area contributed by atoms with Crippen molar-refractivity contribution in [3.05, 3.63) is 62.6 Å². The number of hydrogen-bond donors (Lipinski definition) is 1. The Morgan fingerprint density at radius 2 is 1.44 bits per heavy atom. The number of amides is 2. The zero-order chi connectivity index (χ0) is 30.1. The number of alkyl halides is 3. The van der Waals surface area contributed by atoms with Gasteiger partial charge in [-0.1, -0.05) is 34.8 Å². The number of halogens is 6. The second kappa shape index (κ2) is 12.6. The highest BCUT2D eigenvalue weighted by atomic mass is 35.5. The van der Waals surface area contributed by atoms with E-state index in [4.69, 9.17) is 34.8 Å². The lowest BCUT2D eigenvalue weighted by atomic mass is 9.82. The zero-order valence-electron chi connectivity index (χ0n) is 22.9. The van der Waals surface area contributed by atoms with Crippen molar-refractivity contribution >= 4 is 52.3 Å². The lowest BCUT2D eigenvalue weighted by molar-refractivity contribution is -0.262. The number of rotatable bonds is 6. The second-order valence-corrected chi connectivity index (χ2v) is 12.4. The van der Waals surface area contributed by atoms with E-state index in [0.717, 1.165) is 55.1 Å². The van der Waals surface area contributed by atoms with Crippen molar-refractivity contribution in [1.29, 1.82) is 0 Å². The van der Waals surface area contributed by atoms with Crippen LogP contribution in [0.5, 0.6) is 0 Å². The number of anilines is 1. The van der Waals surface area contributed by atoms with Crippen LogP contribution in [0.2, 0.25) is 15.1 Å². The van der Waals surface area contributed by atoms with Crippen LogP contribution >= 0.6 is 34.8 Å². The molecule has 2 aromatic carbocycles. The van der Waals surface area contributed by atoms with Crippen molar-refractivity contribution < 1.29 is 27.9 Å². The standard InChI is InChI=1S/C29H33Cl3F3N3O3/c1-36(2)26(39)24-4-3-23(17-25(24)32)37-9-5-18(6-10-37)13-19-7-11-38(12-8-19)27(40)28(41,29(33,34)35)20-14-21(30)16-22(31)15-20/h3-4,14-19,41H,5-13H2,1-2H3/t28-/m1/s1. The van der Waals surface area contributed by atoms with E-state index in [9.17, 15) is 27.9 Å². The van der Waals surface area contributed by atoms with Gasteiger partial charge >= 0.3 is 6.18 Å². The minimum Gasteiger partial charge on any atom is -0.371 e. The van der Waals surface area contributed by atoms with Gasteiger partial charge < -0.3 is 19.8 Å². The Morgan fingerprint density at radius 1 is 0.902 bits per heavy atom. The minimum absolute atomic E-state index is 0.104. The quantitative estimate of drug-likeness (QED) is 0.387. The van der Waals surface area contributed by atoms with Gasteiger partial charge in [0, 0.05) is 61.6 Å². The Kier molecular flexibility index (Phi) is 9.73. The molecule has 2 saturated heterocycles. The van der Waals surface area contributed by atoms with Gasteiger partial charge in [-0.25, -0.2) is 0 Å². The van der Waals surface area contributed by atoms with Crippen LogP contribution in [-0.4, -0.2) is 73.2 Å². The largest absolute Gasteiger partial charge is 0.430 e. The number of benzene rings is 2. The molecule has 0 saturated carbocycles. The Balaban J connectivity index is 1.32. The van der Waals surface area contributed by atoms with Gasteiger partial charge in [0.25, 0.3) is 17.4 Å². The Bertz CT molecular complexity index is 1260. The lowest BCUT2D eigenvalue weighted by Crippen LogP contribution is -2.57. The molecule has 0 bridgehead atoms. The molecule has 2 heterocycles. The molecule has 2 aromatic rings. The number of carbonyl (C=O) groups excluding carboxylic acids is 2. The Morgan fingerprint density at radius 3 is 1.93 bits per heavy atom. The molecule has 0 radical (unpaired) electrons. The number of hydrogen-bond acceptors (Lipinski definition) is 4. The predicted molar refractivity (Wildman–Crippen MR) is 155 cm³/mol. The summed E-state index contributed by atoms with van der Waals surface area (Å²) in [6, 6.07) is 8.57. The maximum Gasteiger partial charge on any atom is 0.430 e. The van der Waals surface area contributed by atoms with E-state index in [1.54, 1.807) is 20.2 Å². The van der Waals surface area contributed by atoms with Crippen molar-refractivity contribution in [2.45, 2.75) is 43.9 Å². The monoisotopic (exact) mass is 633 g/mol. The third-order valence-electron chi connectivity index (χ3n) is 8.14. The van der Waals surface area contributed by atoms with Crippen molar-refractivity contribution in [1.82, 2.24) is 9.80 Å². The molecule has 41 heavy (non-hydrogen) atoms. The second-order valence-electron chi connectivity index (χ2n) is 11.1. The first-order valence-corrected chi connectivity index (χ1v) is 14.6. The Labute approximate surface area is 252 Å². The summed E-state index contributed by atoms with van der Waals surface area (Å²) in [5, 5.41) is 11.0. The molecule has 224 valence electrons. The smallest absolute Gasteiger partial charge is 0.371 e. The molecule has 6 nitrogen and oxygen atoms in total. The molecule has 0 unspecified atom stereocenters. The normalized spacial score (nSPS) is 18.8. The minimum atomic E-state index is -5.25. The van der Waals surface area contributed by atoms with E-state index in [2.05, 4.69) is 4.90 Å². The van der Waals surface area contributed by atoms with Crippen molar-refractivity contribution in [2.75, 3.05) is 45.2 Å². The van der Waals surface area contributed by atoms with Crippen molar-refractivity contribution in [2.24, 2.45) is 11.8 Å². The molecule has 2 amide bonds. The van der Waals surface area contributed by atoms with Crippen LogP contribution in [0.25, 0.3) is 0 Å². The van der Waals surface area contributed by atoms with Crippen molar-refractivity contribution in [3.63, 3.8) is 0 Å². The maximum absolute atomic E-state index is 14.1. The van der Waals surface area contributed by atoms with Gasteiger partial charge in [0.15, 0.2) is 0 Å². The molecule has 1 N–H and O–H groups in total. The van der Waals surface area contributed by atoms with Crippen LogP contribution in [0.3, 0.4) is 0 Å². The summed E-state index contributed by atoms with van der Waals surface area (Å²) in [5.41, 5.74) is -3.00. The van der Waals surface area contributed by atoms with Gasteiger partial charge in [-0.15, -0.1) is 0 Å². The van der Waals surface area contributed by atoms with Gasteiger partial charge in [-0.3, -0.25) is 9.59 Å². The van der Waals surface area contributed by atoms with Crippen LogP contribution in [0, 0.1) is 11.8 Å². The molecular formula is C29H33Cl3F3N3O3. The number of likely N-dealkylation sites (tertiary alicyclic amines) is 1. The highest BCUT2D eigenvalue weighted by molar-refractivity contribution is 6.35. The van der Waals surface area contributed by atoms with Gasteiger partial charge in [0.2, 0.25) is 0 Å². The number of nitrogens with zero attached hydrogens (tertiary/aromatic N) is 3. The highest BCUT2D eigenvalue weighted by Gasteiger charge is 2.62. The number of aliphatic hydroxyl groups is 1. The summed E-state index contributed by atoms with van der Waals surface area (Å²) in [7, 11) is 3.36. The molecule has 0 aliphatic carbocycles. The van der Waals surface area contributed by atoms with Gasteiger partial charge in [-0.05, 0) is 80.3 Å². The van der Waals surface area contributed by atoms with Crippen LogP contribution in [0.15, 0.2) is 36.4 Å². The van der Waals surface area contributed by atoms with E-state index < -0.39 is 23.2 Å². The van der Waals surface area contributed by atoms with Gasteiger partial charge in [0.1, 0.15) is 0 Å². The van der Waals surface area contributed by atoms with Crippen LogP contribution in [0.4, 0.5) is 18.9 Å². The summed E-state index contributed by atoms with van der Waals surface area (Å²) in [6.07, 6.45) is -1.28. The first-order chi connectivity index (χ1) is 19.2. The highest BCUT2D eigenvalue weighted by Crippen LogP contribution is 2.43. The molecule has 0 aromatic heterocycles. The third-order valence-corrected chi connectivity index (χ3v) is 8.89. The fourth-order valence-electron chi connectivity index (χ4n) is 5.79. The summed E-state index contributed by atoms with van der Waals surface area (Å²) >= 11 is 18.1. The average molecular weight is 635 g/mol. The van der Waals surface area contributed by atoms with E-state index in [1.165, 1.54) is 11.0 Å². The SMILES string of the molecule is CN(C)C(=O)c1ccc(N2CCC(CC3CCN(C(=O)[C@](O)(c4cc(Cl)cc(Cl)c4)C(F)(F)F)CC3)CC2)cc1Cl. The summed E-state index contributed by atoms with van der Waals surface area (Å²) < 4.78 is 42.3. The molecule has 2 fully saturated rings. The fraction of sp³-hybridized carbons (Fsp3) is 0.517. The maximum atomic E-state index is 14.1. The summed E-state index contributed by atoms with van der Waals surface area (Å²) in [4.78, 5) is 30.2. The van der Waals surface area contributed by atoms with E-state index in [-0.39, 0.29) is 35.0 Å². The third kappa shape index (κ3) is 6.90. The van der Waals surface area contributed by atoms with E-state index in [0.29, 0.717) is 29.3 Å². The first kappa shape index (κ1) is 31.7. The number of piperidine rings is 2. The molecule has 2 aliphatic rings. The Hall–Kier alpha value is -2.20. The van der Waals surface area contributed by atoms with E-state index in [1.807, 2.05) is 12.1 Å². The van der Waals surface area contributed by atoms with Crippen molar-refractivity contribution in [3.8, 4) is 0 Å². The van der Waals surface area contributed by atoms with E-state index >= 15 is 0 Å². The molecule has 0 spiro atoms.